The van der Waals surface area contributed by atoms with Gasteiger partial charge in [0.15, 0.2) is 0 Å². The smallest absolute Gasteiger partial charge is 0.228 e. The van der Waals surface area contributed by atoms with Gasteiger partial charge in [-0.2, -0.15) is 0 Å². The van der Waals surface area contributed by atoms with E-state index in [4.69, 9.17) is 0 Å². The zero-order valence-corrected chi connectivity index (χ0v) is 11.4. The Kier molecular flexibility index (Phi) is 3.55. The number of likely N-dealkylation sites (tertiary alicyclic amines) is 1. The van der Waals surface area contributed by atoms with Crippen molar-refractivity contribution in [3.8, 4) is 10.6 Å². The quantitative estimate of drug-likeness (QED) is 0.862. The zero-order chi connectivity index (χ0) is 13.1. The highest BCUT2D eigenvalue weighted by Gasteiger charge is 2.19. The van der Waals surface area contributed by atoms with Crippen LogP contribution in [0.4, 0.5) is 0 Å². The molecule has 0 saturated carbocycles. The second-order valence-electron chi connectivity index (χ2n) is 4.65. The molecule has 1 amide bonds. The lowest BCUT2D eigenvalue weighted by molar-refractivity contribution is -0.129. The van der Waals surface area contributed by atoms with Crippen LogP contribution in [0.5, 0.6) is 0 Å². The lowest BCUT2D eigenvalue weighted by atomic mass is 10.3. The number of hydrogen-bond donors (Lipinski definition) is 0. The maximum atomic E-state index is 12.0. The maximum absolute atomic E-state index is 12.0. The van der Waals surface area contributed by atoms with Crippen molar-refractivity contribution in [3.63, 3.8) is 0 Å². The first-order chi connectivity index (χ1) is 9.33. The monoisotopic (exact) mass is 273 g/mol. The summed E-state index contributed by atoms with van der Waals surface area (Å²) in [6.45, 7) is 1.80. The van der Waals surface area contributed by atoms with Gasteiger partial charge in [0.25, 0.3) is 0 Å². The fourth-order valence-corrected chi connectivity index (χ4v) is 3.05. The number of rotatable bonds is 3. The van der Waals surface area contributed by atoms with Crippen molar-refractivity contribution < 1.29 is 4.79 Å². The topological polar surface area (TPSA) is 46.1 Å². The van der Waals surface area contributed by atoms with Crippen molar-refractivity contribution >= 4 is 17.2 Å². The average Bonchev–Trinajstić information content (AvgIpc) is 3.11. The molecule has 1 aliphatic rings. The van der Waals surface area contributed by atoms with Gasteiger partial charge in [-0.25, -0.2) is 4.98 Å². The molecule has 0 bridgehead atoms. The molecule has 0 atom stereocenters. The average molecular weight is 273 g/mol. The number of nitrogens with zero attached hydrogens (tertiary/aromatic N) is 3. The Morgan fingerprint density at radius 1 is 1.37 bits per heavy atom. The molecule has 0 N–H and O–H groups in total. The lowest BCUT2D eigenvalue weighted by Gasteiger charge is -2.13. The van der Waals surface area contributed by atoms with Gasteiger partial charge in [-0.05, 0) is 25.0 Å². The Bertz CT molecular complexity index is 561. The molecule has 0 aromatic carbocycles. The molecule has 19 heavy (non-hydrogen) atoms. The van der Waals surface area contributed by atoms with E-state index in [9.17, 15) is 4.79 Å². The summed E-state index contributed by atoms with van der Waals surface area (Å²) in [7, 11) is 0. The summed E-state index contributed by atoms with van der Waals surface area (Å²) < 4.78 is 0. The molecule has 1 saturated heterocycles. The van der Waals surface area contributed by atoms with Gasteiger partial charge in [0.1, 0.15) is 5.01 Å². The van der Waals surface area contributed by atoms with Crippen LogP contribution < -0.4 is 0 Å². The molecule has 3 rings (SSSR count). The molecule has 1 aliphatic heterocycles. The minimum Gasteiger partial charge on any atom is -0.342 e. The number of carbonyl (C=O) groups is 1. The molecule has 3 heterocycles. The van der Waals surface area contributed by atoms with Gasteiger partial charge in [0, 0.05) is 36.4 Å². The second kappa shape index (κ2) is 5.48. The minimum absolute atomic E-state index is 0.195. The van der Waals surface area contributed by atoms with E-state index in [1.165, 1.54) is 0 Å². The Morgan fingerprint density at radius 2 is 2.21 bits per heavy atom. The van der Waals surface area contributed by atoms with Gasteiger partial charge in [0.05, 0.1) is 12.1 Å². The number of aromatic nitrogens is 2. The molecule has 5 heteroatoms. The summed E-state index contributed by atoms with van der Waals surface area (Å²) in [5, 5.41) is 2.90. The Labute approximate surface area is 116 Å². The summed E-state index contributed by atoms with van der Waals surface area (Å²) in [6, 6.07) is 3.88. The minimum atomic E-state index is 0.195. The number of hydrogen-bond acceptors (Lipinski definition) is 4. The predicted octanol–water partition coefficient (Wildman–Crippen LogP) is 2.37. The molecule has 4 nitrogen and oxygen atoms in total. The first kappa shape index (κ1) is 12.3. The number of carbonyl (C=O) groups excluding carboxylic acids is 1. The molecule has 1 fully saturated rings. The molecule has 2 aromatic heterocycles. The number of amides is 1. The van der Waals surface area contributed by atoms with Crippen LogP contribution in [0.3, 0.4) is 0 Å². The second-order valence-corrected chi connectivity index (χ2v) is 5.51. The fourth-order valence-electron chi connectivity index (χ4n) is 2.24. The highest BCUT2D eigenvalue weighted by Crippen LogP contribution is 2.23. The largest absolute Gasteiger partial charge is 0.342 e. The van der Waals surface area contributed by atoms with Crippen LogP contribution in [0.15, 0.2) is 29.9 Å². The Morgan fingerprint density at radius 3 is 2.95 bits per heavy atom. The van der Waals surface area contributed by atoms with E-state index in [1.54, 1.807) is 23.7 Å². The molecule has 2 aromatic rings. The van der Waals surface area contributed by atoms with Crippen molar-refractivity contribution in [2.45, 2.75) is 19.3 Å². The van der Waals surface area contributed by atoms with Crippen molar-refractivity contribution in [1.82, 2.24) is 14.9 Å². The first-order valence-electron chi connectivity index (χ1n) is 6.45. The van der Waals surface area contributed by atoms with Crippen LogP contribution >= 0.6 is 11.3 Å². The van der Waals surface area contributed by atoms with E-state index in [0.29, 0.717) is 6.42 Å². The van der Waals surface area contributed by atoms with Crippen LogP contribution in [0.25, 0.3) is 10.6 Å². The first-order valence-corrected chi connectivity index (χ1v) is 7.33. The van der Waals surface area contributed by atoms with Gasteiger partial charge in [-0.3, -0.25) is 9.78 Å². The lowest BCUT2D eigenvalue weighted by Crippen LogP contribution is -2.29. The van der Waals surface area contributed by atoms with E-state index in [-0.39, 0.29) is 5.91 Å². The molecular weight excluding hydrogens is 258 g/mol. The van der Waals surface area contributed by atoms with Gasteiger partial charge in [0.2, 0.25) is 5.91 Å². The van der Waals surface area contributed by atoms with Gasteiger partial charge >= 0.3 is 0 Å². The van der Waals surface area contributed by atoms with Crippen LogP contribution in [-0.2, 0) is 11.2 Å². The van der Waals surface area contributed by atoms with E-state index in [1.807, 2.05) is 22.4 Å². The van der Waals surface area contributed by atoms with Crippen molar-refractivity contribution in [2.75, 3.05) is 13.1 Å². The van der Waals surface area contributed by atoms with Gasteiger partial charge in [-0.1, -0.05) is 0 Å². The van der Waals surface area contributed by atoms with Crippen molar-refractivity contribution in [3.05, 3.63) is 35.6 Å². The molecule has 0 unspecified atom stereocenters. The standard InChI is InChI=1S/C14H15N3OS/c18-13(17-6-1-2-7-17)8-12-10-19-14(16-12)11-4-3-5-15-9-11/h3-5,9-10H,1-2,6-8H2. The van der Waals surface area contributed by atoms with Crippen molar-refractivity contribution in [2.24, 2.45) is 0 Å². The third-order valence-electron chi connectivity index (χ3n) is 3.25. The number of thiazole rings is 1. The summed E-state index contributed by atoms with van der Waals surface area (Å²) in [5.41, 5.74) is 1.87. The van der Waals surface area contributed by atoms with Gasteiger partial charge in [-0.15, -0.1) is 11.3 Å². The zero-order valence-electron chi connectivity index (χ0n) is 10.6. The van der Waals surface area contributed by atoms with Gasteiger partial charge < -0.3 is 4.90 Å². The van der Waals surface area contributed by atoms with E-state index in [0.717, 1.165) is 42.2 Å². The molecule has 0 spiro atoms. The maximum Gasteiger partial charge on any atom is 0.228 e. The van der Waals surface area contributed by atoms with Crippen molar-refractivity contribution in [1.29, 1.82) is 0 Å². The summed E-state index contributed by atoms with van der Waals surface area (Å²) >= 11 is 1.57. The van der Waals surface area contributed by atoms with Crippen LogP contribution in [0.2, 0.25) is 0 Å². The van der Waals surface area contributed by atoms with E-state index < -0.39 is 0 Å². The van der Waals surface area contributed by atoms with Crippen LogP contribution in [0, 0.1) is 0 Å². The van der Waals surface area contributed by atoms with Crippen LogP contribution in [-0.4, -0.2) is 33.9 Å². The molecule has 0 radical (unpaired) electrons. The summed E-state index contributed by atoms with van der Waals surface area (Å²) in [6.07, 6.45) is 6.21. The highest BCUT2D eigenvalue weighted by molar-refractivity contribution is 7.13. The highest BCUT2D eigenvalue weighted by atomic mass is 32.1. The molecule has 0 aliphatic carbocycles. The third kappa shape index (κ3) is 2.81. The van der Waals surface area contributed by atoms with E-state index in [2.05, 4.69) is 9.97 Å². The number of pyridine rings is 1. The Balaban J connectivity index is 1.70. The summed E-state index contributed by atoms with van der Waals surface area (Å²) in [4.78, 5) is 22.6. The fraction of sp³-hybridized carbons (Fsp3) is 0.357. The third-order valence-corrected chi connectivity index (χ3v) is 4.19. The molecule has 98 valence electrons. The van der Waals surface area contributed by atoms with E-state index >= 15 is 0 Å². The van der Waals surface area contributed by atoms with Crippen LogP contribution in [0.1, 0.15) is 18.5 Å². The Hall–Kier alpha value is -1.75. The predicted molar refractivity (Wildman–Crippen MR) is 74.9 cm³/mol. The molecular formula is C14H15N3OS. The SMILES string of the molecule is O=C(Cc1csc(-c2cccnc2)n1)N1CCCC1. The summed E-state index contributed by atoms with van der Waals surface area (Å²) in [5.74, 6) is 0.195. The normalized spacial score (nSPS) is 14.8.